The van der Waals surface area contributed by atoms with Crippen LogP contribution in [-0.2, 0) is 10.0 Å². The lowest BCUT2D eigenvalue weighted by Crippen LogP contribution is -2.35. The SMILES string of the molecule is CCCN(C(=O)Nc1ccc(OCC)cc1)c1nc(Cl)c(S(=O)(=O)N(C)C)s1. The molecule has 28 heavy (non-hydrogen) atoms. The number of ether oxygens (including phenoxy) is 1. The second kappa shape index (κ2) is 9.55. The molecule has 0 spiro atoms. The van der Waals surface area contributed by atoms with E-state index in [1.54, 1.807) is 24.3 Å². The van der Waals surface area contributed by atoms with Gasteiger partial charge in [-0.05, 0) is 37.6 Å². The predicted octanol–water partition coefficient (Wildman–Crippen LogP) is 3.89. The first-order chi connectivity index (χ1) is 13.2. The molecule has 0 aliphatic carbocycles. The summed E-state index contributed by atoms with van der Waals surface area (Å²) in [5, 5.41) is 2.85. The van der Waals surface area contributed by atoms with Crippen LogP contribution >= 0.6 is 22.9 Å². The third kappa shape index (κ3) is 5.13. The molecule has 1 N–H and O–H groups in total. The van der Waals surface area contributed by atoms with Gasteiger partial charge in [0.15, 0.2) is 14.5 Å². The summed E-state index contributed by atoms with van der Waals surface area (Å²) in [7, 11) is -0.924. The normalized spacial score (nSPS) is 11.5. The van der Waals surface area contributed by atoms with Crippen LogP contribution in [0.4, 0.5) is 15.6 Å². The van der Waals surface area contributed by atoms with Crippen LogP contribution in [0.3, 0.4) is 0 Å². The van der Waals surface area contributed by atoms with Crippen LogP contribution in [0.15, 0.2) is 28.5 Å². The average molecular weight is 447 g/mol. The number of carbonyl (C=O) groups excluding carboxylic acids is 1. The van der Waals surface area contributed by atoms with Crippen LogP contribution < -0.4 is 15.0 Å². The van der Waals surface area contributed by atoms with Crippen molar-refractivity contribution in [2.24, 2.45) is 0 Å². The Bertz CT molecular complexity index is 914. The molecule has 2 aromatic rings. The number of nitrogens with zero attached hydrogens (tertiary/aromatic N) is 3. The van der Waals surface area contributed by atoms with E-state index in [0.717, 1.165) is 15.6 Å². The molecule has 1 heterocycles. The Hall–Kier alpha value is -1.88. The van der Waals surface area contributed by atoms with Crippen molar-refractivity contribution in [2.75, 3.05) is 37.5 Å². The van der Waals surface area contributed by atoms with Crippen molar-refractivity contribution in [1.82, 2.24) is 9.29 Å². The fourth-order valence-corrected chi connectivity index (χ4v) is 5.16. The molecule has 0 radical (unpaired) electrons. The van der Waals surface area contributed by atoms with E-state index >= 15 is 0 Å². The molecule has 0 atom stereocenters. The molecule has 11 heteroatoms. The Morgan fingerprint density at radius 1 is 1.25 bits per heavy atom. The molecule has 2 amide bonds. The first kappa shape index (κ1) is 22.4. The minimum absolute atomic E-state index is 0.0934. The molecular formula is C17H23ClN4O4S2. The van der Waals surface area contributed by atoms with Crippen LogP contribution in [0, 0.1) is 0 Å². The minimum atomic E-state index is -3.74. The van der Waals surface area contributed by atoms with E-state index in [9.17, 15) is 13.2 Å². The number of hydrogen-bond donors (Lipinski definition) is 1. The maximum absolute atomic E-state index is 12.8. The lowest BCUT2D eigenvalue weighted by Gasteiger charge is -2.19. The van der Waals surface area contributed by atoms with E-state index < -0.39 is 16.1 Å². The maximum atomic E-state index is 12.8. The highest BCUT2D eigenvalue weighted by molar-refractivity contribution is 7.91. The summed E-state index contributed by atoms with van der Waals surface area (Å²) in [6.07, 6.45) is 0.656. The summed E-state index contributed by atoms with van der Waals surface area (Å²) in [4.78, 5) is 18.2. The second-order valence-electron chi connectivity index (χ2n) is 5.90. The van der Waals surface area contributed by atoms with E-state index in [1.165, 1.54) is 19.0 Å². The molecule has 1 aromatic heterocycles. The second-order valence-corrected chi connectivity index (χ2v) is 9.58. The lowest BCUT2D eigenvalue weighted by atomic mass is 10.3. The zero-order chi connectivity index (χ0) is 20.9. The number of carbonyl (C=O) groups is 1. The van der Waals surface area contributed by atoms with Crippen LogP contribution in [0.1, 0.15) is 20.3 Å². The molecule has 0 saturated heterocycles. The van der Waals surface area contributed by atoms with E-state index in [-0.39, 0.29) is 14.5 Å². The standard InChI is InChI=1S/C17H23ClN4O4S2/c1-5-11-22(16(23)19-12-7-9-13(10-8-12)26-6-2)17-20-14(18)15(27-17)28(24,25)21(3)4/h7-10H,5-6,11H2,1-4H3,(H,19,23). The Balaban J connectivity index is 2.26. The van der Waals surface area contributed by atoms with Crippen LogP contribution in [0.5, 0.6) is 5.75 Å². The highest BCUT2D eigenvalue weighted by atomic mass is 35.5. The molecule has 0 aliphatic rings. The number of thiazole rings is 1. The summed E-state index contributed by atoms with van der Waals surface area (Å²) in [5.41, 5.74) is 0.582. The molecule has 0 bridgehead atoms. The molecule has 2 rings (SSSR count). The van der Waals surface area contributed by atoms with E-state index in [4.69, 9.17) is 16.3 Å². The monoisotopic (exact) mass is 446 g/mol. The number of urea groups is 1. The summed E-state index contributed by atoms with van der Waals surface area (Å²) < 4.78 is 31.1. The number of anilines is 2. The number of nitrogens with one attached hydrogen (secondary N) is 1. The molecule has 8 nitrogen and oxygen atoms in total. The number of rotatable bonds is 8. The van der Waals surface area contributed by atoms with Crippen molar-refractivity contribution in [3.8, 4) is 5.75 Å². The Morgan fingerprint density at radius 2 is 1.89 bits per heavy atom. The summed E-state index contributed by atoms with van der Waals surface area (Å²) in [6.45, 7) is 4.71. The van der Waals surface area contributed by atoms with Crippen molar-refractivity contribution in [3.63, 3.8) is 0 Å². The van der Waals surface area contributed by atoms with Crippen LogP contribution in [0.2, 0.25) is 5.15 Å². The molecule has 0 fully saturated rings. The number of halogens is 1. The average Bonchev–Trinajstić information content (AvgIpc) is 3.03. The van der Waals surface area contributed by atoms with E-state index in [2.05, 4.69) is 10.3 Å². The first-order valence-electron chi connectivity index (χ1n) is 8.60. The van der Waals surface area contributed by atoms with E-state index in [1.807, 2.05) is 13.8 Å². The lowest BCUT2D eigenvalue weighted by molar-refractivity contribution is 0.257. The van der Waals surface area contributed by atoms with Gasteiger partial charge >= 0.3 is 6.03 Å². The van der Waals surface area contributed by atoms with Crippen LogP contribution in [-0.4, -0.2) is 51.0 Å². The van der Waals surface area contributed by atoms with Gasteiger partial charge < -0.3 is 10.1 Å². The van der Waals surface area contributed by atoms with Gasteiger partial charge in [-0.1, -0.05) is 29.9 Å². The zero-order valence-corrected chi connectivity index (χ0v) is 18.5. The molecular weight excluding hydrogens is 424 g/mol. The highest BCUT2D eigenvalue weighted by Crippen LogP contribution is 2.35. The number of benzene rings is 1. The van der Waals surface area contributed by atoms with Gasteiger partial charge in [0, 0.05) is 26.3 Å². The van der Waals surface area contributed by atoms with Crippen molar-refractivity contribution in [2.45, 2.75) is 24.5 Å². The van der Waals surface area contributed by atoms with Gasteiger partial charge in [-0.15, -0.1) is 0 Å². The largest absolute Gasteiger partial charge is 0.494 e. The van der Waals surface area contributed by atoms with Gasteiger partial charge in [0.1, 0.15) is 5.75 Å². The molecule has 0 saturated carbocycles. The maximum Gasteiger partial charge on any atom is 0.328 e. The van der Waals surface area contributed by atoms with Gasteiger partial charge in [-0.3, -0.25) is 4.90 Å². The van der Waals surface area contributed by atoms with Gasteiger partial charge in [-0.2, -0.15) is 0 Å². The summed E-state index contributed by atoms with van der Waals surface area (Å²) >= 11 is 6.91. The van der Waals surface area contributed by atoms with Crippen molar-refractivity contribution >= 4 is 49.8 Å². The number of sulfonamides is 1. The number of amides is 2. The fraction of sp³-hybridized carbons (Fsp3) is 0.412. The van der Waals surface area contributed by atoms with Crippen molar-refractivity contribution < 1.29 is 17.9 Å². The summed E-state index contributed by atoms with van der Waals surface area (Å²) in [5.74, 6) is 0.705. The van der Waals surface area contributed by atoms with Crippen molar-refractivity contribution in [3.05, 3.63) is 29.4 Å². The number of hydrogen-bond acceptors (Lipinski definition) is 6. The van der Waals surface area contributed by atoms with Crippen LogP contribution in [0.25, 0.3) is 0 Å². The Morgan fingerprint density at radius 3 is 2.43 bits per heavy atom. The molecule has 1 aromatic carbocycles. The smallest absolute Gasteiger partial charge is 0.328 e. The Kier molecular flexibility index (Phi) is 7.64. The predicted molar refractivity (Wildman–Crippen MR) is 112 cm³/mol. The van der Waals surface area contributed by atoms with Gasteiger partial charge in [0.2, 0.25) is 0 Å². The van der Waals surface area contributed by atoms with Gasteiger partial charge in [-0.25, -0.2) is 22.5 Å². The highest BCUT2D eigenvalue weighted by Gasteiger charge is 2.28. The first-order valence-corrected chi connectivity index (χ1v) is 11.2. The molecule has 0 aliphatic heterocycles. The molecule has 154 valence electrons. The minimum Gasteiger partial charge on any atom is -0.494 e. The molecule has 0 unspecified atom stereocenters. The zero-order valence-electron chi connectivity index (χ0n) is 16.1. The summed E-state index contributed by atoms with van der Waals surface area (Å²) in [6, 6.07) is 6.54. The fourth-order valence-electron chi connectivity index (χ4n) is 2.22. The third-order valence-electron chi connectivity index (χ3n) is 3.60. The third-order valence-corrected chi connectivity index (χ3v) is 7.48. The quantitative estimate of drug-likeness (QED) is 0.664. The number of aromatic nitrogens is 1. The Labute approximate surface area is 174 Å². The van der Waals surface area contributed by atoms with Gasteiger partial charge in [0.05, 0.1) is 6.61 Å². The topological polar surface area (TPSA) is 91.8 Å². The van der Waals surface area contributed by atoms with E-state index in [0.29, 0.717) is 31.0 Å². The van der Waals surface area contributed by atoms with Gasteiger partial charge in [0.25, 0.3) is 10.0 Å². The van der Waals surface area contributed by atoms with Crippen molar-refractivity contribution in [1.29, 1.82) is 0 Å².